The zero-order valence-corrected chi connectivity index (χ0v) is 15.6. The summed E-state index contributed by atoms with van der Waals surface area (Å²) in [6.45, 7) is 7.25. The van der Waals surface area contributed by atoms with Crippen molar-refractivity contribution in [2.24, 2.45) is 11.8 Å². The van der Waals surface area contributed by atoms with Crippen molar-refractivity contribution in [1.82, 2.24) is 0 Å². The summed E-state index contributed by atoms with van der Waals surface area (Å²) in [5.74, 6) is 2.64. The monoisotopic (exact) mass is 356 g/mol. The first-order chi connectivity index (χ1) is 12.8. The Bertz CT molecular complexity index is 740. The Kier molecular flexibility index (Phi) is 5.32. The maximum Gasteiger partial charge on any atom is 0.168 e. The van der Waals surface area contributed by atoms with Crippen molar-refractivity contribution in [2.45, 2.75) is 38.9 Å². The fourth-order valence-electron chi connectivity index (χ4n) is 3.82. The molecule has 0 radical (unpaired) electrons. The molecule has 2 aliphatic rings. The summed E-state index contributed by atoms with van der Waals surface area (Å²) < 4.78 is 23.6. The van der Waals surface area contributed by atoms with Crippen LogP contribution < -0.4 is 9.47 Å². The quantitative estimate of drug-likeness (QED) is 0.700. The summed E-state index contributed by atoms with van der Waals surface area (Å²) in [6.07, 6.45) is 2.73. The molecule has 0 aromatic heterocycles. The molecule has 2 aromatic carbocycles. The molecule has 0 saturated carbocycles. The lowest BCUT2D eigenvalue weighted by Crippen LogP contribution is -2.43. The molecule has 4 atom stereocenters. The van der Waals surface area contributed by atoms with Gasteiger partial charge in [-0.05, 0) is 24.3 Å². The van der Waals surface area contributed by atoms with Gasteiger partial charge in [-0.15, -0.1) is 0 Å². The van der Waals surface area contributed by atoms with Crippen molar-refractivity contribution in [1.29, 1.82) is 0 Å². The van der Waals surface area contributed by atoms with E-state index in [0.29, 0.717) is 37.3 Å². The first-order valence-electron chi connectivity index (χ1n) is 9.80. The Labute approximate surface area is 155 Å². The fraction of sp³-hybridized carbons (Fsp3) is 0.545. The Hall–Kier alpha value is -1.78. The van der Waals surface area contributed by atoms with Crippen molar-refractivity contribution in [3.05, 3.63) is 36.4 Å². The van der Waals surface area contributed by atoms with E-state index in [-0.39, 0.29) is 0 Å². The molecule has 140 valence electrons. The van der Waals surface area contributed by atoms with Gasteiger partial charge >= 0.3 is 0 Å². The highest BCUT2D eigenvalue weighted by atomic mass is 16.5. The van der Waals surface area contributed by atoms with Crippen LogP contribution in [0.5, 0.6) is 11.5 Å². The van der Waals surface area contributed by atoms with E-state index < -0.39 is 0 Å². The molecule has 4 nitrogen and oxygen atoms in total. The molecule has 0 bridgehead atoms. The highest BCUT2D eigenvalue weighted by molar-refractivity contribution is 5.90. The molecule has 4 heteroatoms. The van der Waals surface area contributed by atoms with Gasteiger partial charge in [0, 0.05) is 17.2 Å². The van der Waals surface area contributed by atoms with E-state index in [1.54, 1.807) is 0 Å². The normalized spacial score (nSPS) is 27.6. The van der Waals surface area contributed by atoms with Gasteiger partial charge in [-0.25, -0.2) is 0 Å². The van der Waals surface area contributed by atoms with Gasteiger partial charge in [0.25, 0.3) is 0 Å². The van der Waals surface area contributed by atoms with Crippen molar-refractivity contribution in [3.63, 3.8) is 0 Å². The van der Waals surface area contributed by atoms with Crippen LogP contribution in [0.15, 0.2) is 36.4 Å². The third kappa shape index (κ3) is 3.40. The SMILES string of the molecule is CCC1OCC1COc1ccc2ccccc2c1OCC1COC1CC. The van der Waals surface area contributed by atoms with Crippen LogP contribution in [0.25, 0.3) is 10.8 Å². The van der Waals surface area contributed by atoms with Crippen molar-refractivity contribution >= 4 is 10.8 Å². The van der Waals surface area contributed by atoms with Gasteiger partial charge in [-0.3, -0.25) is 0 Å². The zero-order valence-electron chi connectivity index (χ0n) is 15.6. The minimum Gasteiger partial charge on any atom is -0.489 e. The number of ether oxygens (including phenoxy) is 4. The predicted molar refractivity (Wildman–Crippen MR) is 102 cm³/mol. The van der Waals surface area contributed by atoms with Crippen molar-refractivity contribution in [2.75, 3.05) is 26.4 Å². The lowest BCUT2D eigenvalue weighted by Gasteiger charge is -2.37. The second-order valence-corrected chi connectivity index (χ2v) is 7.32. The Morgan fingerprint density at radius 1 is 0.846 bits per heavy atom. The predicted octanol–water partition coefficient (Wildman–Crippen LogP) is 4.45. The van der Waals surface area contributed by atoms with Gasteiger partial charge in [0.05, 0.1) is 38.6 Å². The minimum absolute atomic E-state index is 0.326. The van der Waals surface area contributed by atoms with E-state index in [2.05, 4.69) is 38.1 Å². The number of benzene rings is 2. The van der Waals surface area contributed by atoms with Crippen LogP contribution in [0.3, 0.4) is 0 Å². The highest BCUT2D eigenvalue weighted by Crippen LogP contribution is 2.38. The van der Waals surface area contributed by atoms with Crippen LogP contribution >= 0.6 is 0 Å². The summed E-state index contributed by atoms with van der Waals surface area (Å²) in [7, 11) is 0. The zero-order chi connectivity index (χ0) is 17.9. The molecular formula is C22H28O4. The fourth-order valence-corrected chi connectivity index (χ4v) is 3.82. The lowest BCUT2D eigenvalue weighted by molar-refractivity contribution is -0.130. The summed E-state index contributed by atoms with van der Waals surface area (Å²) >= 11 is 0. The first kappa shape index (κ1) is 17.6. The average molecular weight is 356 g/mol. The summed E-state index contributed by atoms with van der Waals surface area (Å²) in [4.78, 5) is 0. The minimum atomic E-state index is 0.326. The molecule has 2 aromatic rings. The van der Waals surface area contributed by atoms with Crippen LogP contribution in [0, 0.1) is 11.8 Å². The molecule has 0 N–H and O–H groups in total. The molecule has 2 saturated heterocycles. The topological polar surface area (TPSA) is 36.9 Å². The lowest BCUT2D eigenvalue weighted by atomic mass is 9.97. The molecule has 0 aliphatic carbocycles. The van der Waals surface area contributed by atoms with Crippen LogP contribution in [-0.4, -0.2) is 38.6 Å². The van der Waals surface area contributed by atoms with Crippen LogP contribution in [0.4, 0.5) is 0 Å². The van der Waals surface area contributed by atoms with E-state index >= 15 is 0 Å². The average Bonchev–Trinajstić information content (AvgIpc) is 2.62. The maximum atomic E-state index is 6.29. The van der Waals surface area contributed by atoms with E-state index in [1.165, 1.54) is 5.39 Å². The third-order valence-corrected chi connectivity index (χ3v) is 5.64. The molecule has 4 rings (SSSR count). The van der Waals surface area contributed by atoms with Crippen molar-refractivity contribution < 1.29 is 18.9 Å². The van der Waals surface area contributed by atoms with Gasteiger partial charge in [0.1, 0.15) is 0 Å². The smallest absolute Gasteiger partial charge is 0.168 e. The second-order valence-electron chi connectivity index (χ2n) is 7.32. The first-order valence-corrected chi connectivity index (χ1v) is 9.80. The number of hydrogen-bond donors (Lipinski definition) is 0. The molecule has 26 heavy (non-hydrogen) atoms. The summed E-state index contributed by atoms with van der Waals surface area (Å²) in [5, 5.41) is 2.28. The standard InChI is InChI=1S/C22H28O4/c1-3-19-16(11-23-19)13-25-21-10-9-15-7-5-6-8-18(15)22(21)26-14-17-12-24-20(17)4-2/h5-10,16-17,19-20H,3-4,11-14H2,1-2H3. The van der Waals surface area contributed by atoms with E-state index in [1.807, 2.05) is 12.1 Å². The highest BCUT2D eigenvalue weighted by Gasteiger charge is 2.33. The largest absolute Gasteiger partial charge is 0.489 e. The Morgan fingerprint density at radius 3 is 2.12 bits per heavy atom. The van der Waals surface area contributed by atoms with Gasteiger partial charge < -0.3 is 18.9 Å². The molecule has 2 aliphatic heterocycles. The molecule has 0 spiro atoms. The van der Waals surface area contributed by atoms with Gasteiger partial charge in [0.2, 0.25) is 0 Å². The molecule has 0 amide bonds. The van der Waals surface area contributed by atoms with Gasteiger partial charge in [-0.1, -0.05) is 44.2 Å². The number of fused-ring (bicyclic) bond motifs is 1. The van der Waals surface area contributed by atoms with Crippen LogP contribution in [0.1, 0.15) is 26.7 Å². The van der Waals surface area contributed by atoms with E-state index in [4.69, 9.17) is 18.9 Å². The summed E-state index contributed by atoms with van der Waals surface area (Å²) in [5.41, 5.74) is 0. The van der Waals surface area contributed by atoms with E-state index in [0.717, 1.165) is 42.9 Å². The number of rotatable bonds is 8. The summed E-state index contributed by atoms with van der Waals surface area (Å²) in [6, 6.07) is 12.5. The number of hydrogen-bond acceptors (Lipinski definition) is 4. The molecule has 2 heterocycles. The third-order valence-electron chi connectivity index (χ3n) is 5.64. The van der Waals surface area contributed by atoms with Crippen molar-refractivity contribution in [3.8, 4) is 11.5 Å². The van der Waals surface area contributed by atoms with E-state index in [9.17, 15) is 0 Å². The van der Waals surface area contributed by atoms with Gasteiger partial charge in [-0.2, -0.15) is 0 Å². The Balaban J connectivity index is 1.51. The van der Waals surface area contributed by atoms with Gasteiger partial charge in [0.15, 0.2) is 11.5 Å². The Morgan fingerprint density at radius 2 is 1.50 bits per heavy atom. The molecule has 4 unspecified atom stereocenters. The van der Waals surface area contributed by atoms with Crippen LogP contribution in [-0.2, 0) is 9.47 Å². The van der Waals surface area contributed by atoms with Crippen LogP contribution in [0.2, 0.25) is 0 Å². The second kappa shape index (κ2) is 7.85. The maximum absolute atomic E-state index is 6.29. The molecular weight excluding hydrogens is 328 g/mol. The molecule has 2 fully saturated rings.